The van der Waals surface area contributed by atoms with Crippen molar-refractivity contribution in [1.82, 2.24) is 10.2 Å². The second-order valence-corrected chi connectivity index (χ2v) is 7.22. The van der Waals surface area contributed by atoms with Crippen molar-refractivity contribution in [3.05, 3.63) is 29.8 Å². The summed E-state index contributed by atoms with van der Waals surface area (Å²) < 4.78 is 5.35. The van der Waals surface area contributed by atoms with Crippen LogP contribution < -0.4 is 10.1 Å². The Morgan fingerprint density at radius 3 is 2.76 bits per heavy atom. The number of carbonyl (C=O) groups is 2. The van der Waals surface area contributed by atoms with E-state index in [1.807, 2.05) is 29.2 Å². The number of hydrogen-bond donors (Lipinski definition) is 1. The van der Waals surface area contributed by atoms with E-state index in [0.717, 1.165) is 43.4 Å². The minimum Gasteiger partial charge on any atom is -0.496 e. The van der Waals surface area contributed by atoms with E-state index in [1.54, 1.807) is 7.11 Å². The molecule has 136 valence electrons. The van der Waals surface area contributed by atoms with Gasteiger partial charge >= 0.3 is 0 Å². The summed E-state index contributed by atoms with van der Waals surface area (Å²) in [4.78, 5) is 27.1. The molecule has 1 aromatic rings. The number of benzene rings is 1. The van der Waals surface area contributed by atoms with Crippen LogP contribution >= 0.6 is 0 Å². The Morgan fingerprint density at radius 1 is 1.28 bits per heavy atom. The van der Waals surface area contributed by atoms with Crippen LogP contribution in [0, 0.1) is 11.8 Å². The fourth-order valence-electron chi connectivity index (χ4n) is 3.69. The van der Waals surface area contributed by atoms with E-state index in [-0.39, 0.29) is 23.8 Å². The van der Waals surface area contributed by atoms with Gasteiger partial charge in [0.05, 0.1) is 7.11 Å². The first kappa shape index (κ1) is 17.8. The van der Waals surface area contributed by atoms with Gasteiger partial charge in [-0.25, -0.2) is 0 Å². The molecule has 0 spiro atoms. The number of para-hydroxylation sites is 1. The number of carbonyl (C=O) groups excluding carboxylic acids is 2. The van der Waals surface area contributed by atoms with Crippen LogP contribution in [0.4, 0.5) is 0 Å². The Balaban J connectivity index is 1.54. The Labute approximate surface area is 149 Å². The van der Waals surface area contributed by atoms with Crippen molar-refractivity contribution in [2.45, 2.75) is 45.1 Å². The summed E-state index contributed by atoms with van der Waals surface area (Å²) in [6.07, 6.45) is 4.47. The maximum atomic E-state index is 12.6. The molecule has 1 N–H and O–H groups in total. The Kier molecular flexibility index (Phi) is 5.61. The van der Waals surface area contributed by atoms with Gasteiger partial charge in [-0.3, -0.25) is 9.59 Å². The Bertz CT molecular complexity index is 631. The lowest BCUT2D eigenvalue weighted by molar-refractivity contribution is -0.143. The minimum atomic E-state index is -0.299. The van der Waals surface area contributed by atoms with Crippen LogP contribution in [0.15, 0.2) is 24.3 Å². The molecule has 3 atom stereocenters. The summed E-state index contributed by atoms with van der Waals surface area (Å²) in [5.41, 5.74) is 1.08. The average Bonchev–Trinajstić information content (AvgIpc) is 3.38. The SMILES string of the molecule is COc1ccccc1CCNC(=O)[C@@H]1CCCCN1C(=O)[C@H]1C[C@H]1C. The van der Waals surface area contributed by atoms with Gasteiger partial charge in [0.2, 0.25) is 11.8 Å². The van der Waals surface area contributed by atoms with Crippen LogP contribution in [0.3, 0.4) is 0 Å². The summed E-state index contributed by atoms with van der Waals surface area (Å²) in [7, 11) is 1.65. The standard InChI is InChI=1S/C20H28N2O3/c1-14-13-16(14)20(24)22-12-6-5-8-17(22)19(23)21-11-10-15-7-3-4-9-18(15)25-2/h3-4,7,9,14,16-17H,5-6,8,10-13H2,1-2H3,(H,21,23)/t14-,16+,17+/m1/s1. The number of ether oxygens (including phenoxy) is 1. The number of nitrogens with one attached hydrogen (secondary N) is 1. The van der Waals surface area contributed by atoms with Crippen LogP contribution in [0.5, 0.6) is 5.75 Å². The number of hydrogen-bond acceptors (Lipinski definition) is 3. The molecule has 5 heteroatoms. The molecule has 1 aliphatic carbocycles. The van der Waals surface area contributed by atoms with E-state index in [2.05, 4.69) is 12.2 Å². The quantitative estimate of drug-likeness (QED) is 0.862. The largest absolute Gasteiger partial charge is 0.496 e. The second-order valence-electron chi connectivity index (χ2n) is 7.22. The summed E-state index contributed by atoms with van der Waals surface area (Å²) in [5.74, 6) is 1.62. The van der Waals surface area contributed by atoms with Crippen molar-refractivity contribution in [1.29, 1.82) is 0 Å². The van der Waals surface area contributed by atoms with Crippen molar-refractivity contribution in [2.24, 2.45) is 11.8 Å². The molecule has 0 bridgehead atoms. The molecule has 0 aromatic heterocycles. The van der Waals surface area contributed by atoms with E-state index < -0.39 is 0 Å². The van der Waals surface area contributed by atoms with E-state index in [0.29, 0.717) is 19.0 Å². The molecule has 3 rings (SSSR count). The minimum absolute atomic E-state index is 0.0174. The van der Waals surface area contributed by atoms with Crippen molar-refractivity contribution in [2.75, 3.05) is 20.2 Å². The van der Waals surface area contributed by atoms with Gasteiger partial charge in [0, 0.05) is 19.0 Å². The third-order valence-corrected chi connectivity index (χ3v) is 5.40. The van der Waals surface area contributed by atoms with Crippen molar-refractivity contribution < 1.29 is 14.3 Å². The first-order valence-corrected chi connectivity index (χ1v) is 9.32. The molecule has 2 fully saturated rings. The van der Waals surface area contributed by atoms with Gasteiger partial charge in [-0.15, -0.1) is 0 Å². The highest BCUT2D eigenvalue weighted by molar-refractivity contribution is 5.89. The molecule has 2 aliphatic rings. The highest BCUT2D eigenvalue weighted by atomic mass is 16.5. The van der Waals surface area contributed by atoms with Gasteiger partial charge in [-0.05, 0) is 49.7 Å². The molecule has 25 heavy (non-hydrogen) atoms. The topological polar surface area (TPSA) is 58.6 Å². The number of piperidine rings is 1. The number of likely N-dealkylation sites (tertiary alicyclic amines) is 1. The summed E-state index contributed by atoms with van der Waals surface area (Å²) in [5, 5.41) is 3.02. The van der Waals surface area contributed by atoms with Crippen molar-refractivity contribution in [3.63, 3.8) is 0 Å². The number of amides is 2. The van der Waals surface area contributed by atoms with Crippen LogP contribution in [0.2, 0.25) is 0 Å². The number of rotatable bonds is 6. The molecule has 2 amide bonds. The molecule has 1 aromatic carbocycles. The predicted molar refractivity (Wildman–Crippen MR) is 96.3 cm³/mol. The van der Waals surface area contributed by atoms with Crippen LogP contribution in [-0.2, 0) is 16.0 Å². The molecular weight excluding hydrogens is 316 g/mol. The molecule has 0 unspecified atom stereocenters. The van der Waals surface area contributed by atoms with E-state index in [1.165, 1.54) is 0 Å². The van der Waals surface area contributed by atoms with Gasteiger partial charge in [-0.2, -0.15) is 0 Å². The normalized spacial score (nSPS) is 25.4. The monoisotopic (exact) mass is 344 g/mol. The second kappa shape index (κ2) is 7.89. The third kappa shape index (κ3) is 4.14. The smallest absolute Gasteiger partial charge is 0.242 e. The lowest BCUT2D eigenvalue weighted by Gasteiger charge is -2.35. The zero-order valence-electron chi connectivity index (χ0n) is 15.2. The molecule has 5 nitrogen and oxygen atoms in total. The first-order valence-electron chi connectivity index (χ1n) is 9.32. The fraction of sp³-hybridized carbons (Fsp3) is 0.600. The number of nitrogens with zero attached hydrogens (tertiary/aromatic N) is 1. The maximum Gasteiger partial charge on any atom is 0.242 e. The van der Waals surface area contributed by atoms with Gasteiger partial charge in [0.25, 0.3) is 0 Å². The molecule has 1 heterocycles. The Morgan fingerprint density at radius 2 is 2.04 bits per heavy atom. The van der Waals surface area contributed by atoms with Crippen LogP contribution in [-0.4, -0.2) is 43.0 Å². The highest BCUT2D eigenvalue weighted by Gasteiger charge is 2.44. The third-order valence-electron chi connectivity index (χ3n) is 5.40. The molecular formula is C20H28N2O3. The van der Waals surface area contributed by atoms with Crippen molar-refractivity contribution in [3.8, 4) is 5.75 Å². The van der Waals surface area contributed by atoms with E-state index in [4.69, 9.17) is 4.74 Å². The van der Waals surface area contributed by atoms with Gasteiger partial charge in [0.15, 0.2) is 0 Å². The summed E-state index contributed by atoms with van der Waals surface area (Å²) in [6, 6.07) is 7.54. The van der Waals surface area contributed by atoms with E-state index >= 15 is 0 Å². The average molecular weight is 344 g/mol. The van der Waals surface area contributed by atoms with E-state index in [9.17, 15) is 9.59 Å². The molecule has 1 aliphatic heterocycles. The Hall–Kier alpha value is -2.04. The number of methoxy groups -OCH3 is 1. The summed E-state index contributed by atoms with van der Waals surface area (Å²) in [6.45, 7) is 3.37. The summed E-state index contributed by atoms with van der Waals surface area (Å²) >= 11 is 0. The first-order chi connectivity index (χ1) is 12.1. The lowest BCUT2D eigenvalue weighted by Crippen LogP contribution is -2.52. The molecule has 1 saturated heterocycles. The molecule has 1 saturated carbocycles. The van der Waals surface area contributed by atoms with Crippen molar-refractivity contribution >= 4 is 11.8 Å². The molecule has 0 radical (unpaired) electrons. The lowest BCUT2D eigenvalue weighted by atomic mass is 10.00. The van der Waals surface area contributed by atoms with Crippen LogP contribution in [0.1, 0.15) is 38.2 Å². The highest BCUT2D eigenvalue weighted by Crippen LogP contribution is 2.40. The maximum absolute atomic E-state index is 12.6. The zero-order chi connectivity index (χ0) is 17.8. The fourth-order valence-corrected chi connectivity index (χ4v) is 3.69. The van der Waals surface area contributed by atoms with Gasteiger partial charge in [0.1, 0.15) is 11.8 Å². The van der Waals surface area contributed by atoms with Gasteiger partial charge in [-0.1, -0.05) is 25.1 Å². The van der Waals surface area contributed by atoms with Crippen LogP contribution in [0.25, 0.3) is 0 Å². The van der Waals surface area contributed by atoms with Gasteiger partial charge < -0.3 is 15.0 Å². The predicted octanol–water partition coefficient (Wildman–Crippen LogP) is 2.39. The zero-order valence-corrected chi connectivity index (χ0v) is 15.2.